The number of anilines is 1. The molecule has 1 unspecified atom stereocenters. The normalized spacial score (nSPS) is 23.6. The predicted octanol–water partition coefficient (Wildman–Crippen LogP) is 1.42. The van der Waals surface area contributed by atoms with Gasteiger partial charge in [0.1, 0.15) is 5.75 Å². The average molecular weight is 218 g/mol. The molecule has 2 aliphatic heterocycles. The number of hydrogen-bond donors (Lipinski definition) is 1. The molecule has 3 rings (SSSR count). The Morgan fingerprint density at radius 1 is 1.44 bits per heavy atom. The van der Waals surface area contributed by atoms with E-state index in [4.69, 9.17) is 4.74 Å². The Bertz CT molecular complexity index is 392. The van der Waals surface area contributed by atoms with Crippen molar-refractivity contribution in [3.63, 3.8) is 0 Å². The van der Waals surface area contributed by atoms with Crippen LogP contribution < -0.4 is 15.0 Å². The van der Waals surface area contributed by atoms with Crippen LogP contribution in [0.2, 0.25) is 0 Å². The summed E-state index contributed by atoms with van der Waals surface area (Å²) >= 11 is 0. The predicted molar refractivity (Wildman–Crippen MR) is 65.3 cm³/mol. The van der Waals surface area contributed by atoms with E-state index < -0.39 is 0 Å². The number of fused-ring (bicyclic) bond motifs is 3. The maximum absolute atomic E-state index is 5.29. The zero-order valence-corrected chi connectivity index (χ0v) is 9.70. The van der Waals surface area contributed by atoms with Crippen LogP contribution in [-0.4, -0.2) is 32.8 Å². The lowest BCUT2D eigenvalue weighted by atomic mass is 9.94. The fraction of sp³-hybridized carbons (Fsp3) is 0.538. The first kappa shape index (κ1) is 9.97. The summed E-state index contributed by atoms with van der Waals surface area (Å²) in [5, 5.41) is 3.47. The summed E-state index contributed by atoms with van der Waals surface area (Å²) in [6.45, 7) is 3.36. The number of nitrogens with one attached hydrogen (secondary N) is 1. The molecule has 1 atom stereocenters. The molecule has 3 nitrogen and oxygen atoms in total. The topological polar surface area (TPSA) is 24.5 Å². The molecule has 3 heteroatoms. The van der Waals surface area contributed by atoms with E-state index in [9.17, 15) is 0 Å². The number of rotatable bonds is 1. The van der Waals surface area contributed by atoms with Crippen LogP contribution in [0.5, 0.6) is 5.75 Å². The first-order valence-corrected chi connectivity index (χ1v) is 6.03. The van der Waals surface area contributed by atoms with Gasteiger partial charge in [-0.25, -0.2) is 0 Å². The van der Waals surface area contributed by atoms with Crippen molar-refractivity contribution in [2.45, 2.75) is 18.9 Å². The van der Waals surface area contributed by atoms with E-state index in [0.29, 0.717) is 6.04 Å². The molecule has 1 N–H and O–H groups in total. The second-order valence-corrected chi connectivity index (χ2v) is 4.58. The Balaban J connectivity index is 1.96. The lowest BCUT2D eigenvalue weighted by molar-refractivity contribution is 0.411. The van der Waals surface area contributed by atoms with Crippen molar-refractivity contribution in [2.75, 3.05) is 31.6 Å². The van der Waals surface area contributed by atoms with Crippen molar-refractivity contribution >= 4 is 5.69 Å². The molecule has 0 aromatic heterocycles. The largest absolute Gasteiger partial charge is 0.497 e. The molecule has 0 bridgehead atoms. The number of aryl methyl sites for hydroxylation is 1. The molecule has 1 aromatic rings. The van der Waals surface area contributed by atoms with Gasteiger partial charge in [0, 0.05) is 31.4 Å². The highest BCUT2D eigenvalue weighted by Crippen LogP contribution is 2.33. The van der Waals surface area contributed by atoms with Gasteiger partial charge in [0.15, 0.2) is 0 Å². The Kier molecular flexibility index (Phi) is 2.48. The molecular formula is C13H18N2O. The minimum atomic E-state index is 0.689. The van der Waals surface area contributed by atoms with Gasteiger partial charge in [0.2, 0.25) is 0 Å². The molecule has 0 aliphatic carbocycles. The zero-order chi connectivity index (χ0) is 11.0. The fourth-order valence-corrected chi connectivity index (χ4v) is 2.83. The molecule has 86 valence electrons. The van der Waals surface area contributed by atoms with E-state index in [1.165, 1.54) is 24.1 Å². The number of piperazine rings is 1. The first-order chi connectivity index (χ1) is 7.88. The number of benzene rings is 1. The fourth-order valence-electron chi connectivity index (χ4n) is 2.83. The smallest absolute Gasteiger partial charge is 0.119 e. The first-order valence-electron chi connectivity index (χ1n) is 6.03. The summed E-state index contributed by atoms with van der Waals surface area (Å²) in [7, 11) is 1.73. The summed E-state index contributed by atoms with van der Waals surface area (Å²) in [6, 6.07) is 7.16. The van der Waals surface area contributed by atoms with Gasteiger partial charge >= 0.3 is 0 Å². The van der Waals surface area contributed by atoms with Gasteiger partial charge in [0.05, 0.1) is 7.11 Å². The monoisotopic (exact) mass is 218 g/mol. The quantitative estimate of drug-likeness (QED) is 0.771. The zero-order valence-electron chi connectivity index (χ0n) is 9.70. The van der Waals surface area contributed by atoms with Crippen LogP contribution in [-0.2, 0) is 6.42 Å². The summed E-state index contributed by atoms with van der Waals surface area (Å²) in [4.78, 5) is 2.55. The standard InChI is InChI=1S/C13H18N2O/c1-16-12-4-5-13-10(8-12)2-3-11-9-14-6-7-15(11)13/h4-5,8,11,14H,2-3,6-7,9H2,1H3. The number of nitrogens with zero attached hydrogens (tertiary/aromatic N) is 1. The second kappa shape index (κ2) is 3.98. The molecule has 0 saturated carbocycles. The second-order valence-electron chi connectivity index (χ2n) is 4.58. The molecule has 0 amide bonds. The van der Waals surface area contributed by atoms with Crippen LogP contribution in [0.4, 0.5) is 5.69 Å². The Morgan fingerprint density at radius 2 is 2.38 bits per heavy atom. The van der Waals surface area contributed by atoms with Gasteiger partial charge in [-0.15, -0.1) is 0 Å². The minimum Gasteiger partial charge on any atom is -0.497 e. The molecule has 1 fully saturated rings. The van der Waals surface area contributed by atoms with Crippen molar-refractivity contribution in [3.05, 3.63) is 23.8 Å². The van der Waals surface area contributed by atoms with Crippen molar-refractivity contribution < 1.29 is 4.74 Å². The van der Waals surface area contributed by atoms with E-state index in [1.807, 2.05) is 0 Å². The third-order valence-electron chi connectivity index (χ3n) is 3.69. The van der Waals surface area contributed by atoms with Gasteiger partial charge in [-0.1, -0.05) is 0 Å². The van der Waals surface area contributed by atoms with Gasteiger partial charge in [-0.05, 0) is 36.6 Å². The van der Waals surface area contributed by atoms with Crippen molar-refractivity contribution in [1.29, 1.82) is 0 Å². The molecular weight excluding hydrogens is 200 g/mol. The van der Waals surface area contributed by atoms with Crippen LogP contribution in [0.15, 0.2) is 18.2 Å². The minimum absolute atomic E-state index is 0.689. The van der Waals surface area contributed by atoms with E-state index in [-0.39, 0.29) is 0 Å². The third kappa shape index (κ3) is 1.55. The molecule has 0 spiro atoms. The molecule has 2 aliphatic rings. The summed E-state index contributed by atoms with van der Waals surface area (Å²) in [5.41, 5.74) is 2.86. The summed E-state index contributed by atoms with van der Waals surface area (Å²) in [6.07, 6.45) is 2.43. The maximum Gasteiger partial charge on any atom is 0.119 e. The van der Waals surface area contributed by atoms with Crippen LogP contribution >= 0.6 is 0 Å². The molecule has 0 radical (unpaired) electrons. The molecule has 2 heterocycles. The van der Waals surface area contributed by atoms with Crippen molar-refractivity contribution in [1.82, 2.24) is 5.32 Å². The van der Waals surface area contributed by atoms with Crippen LogP contribution in [0.1, 0.15) is 12.0 Å². The van der Waals surface area contributed by atoms with Gasteiger partial charge in [-0.3, -0.25) is 0 Å². The highest BCUT2D eigenvalue weighted by atomic mass is 16.5. The van der Waals surface area contributed by atoms with Crippen LogP contribution in [0, 0.1) is 0 Å². The van der Waals surface area contributed by atoms with Crippen LogP contribution in [0.3, 0.4) is 0 Å². The SMILES string of the molecule is COc1ccc2c(c1)CCC1CNCCN21. The van der Waals surface area contributed by atoms with Gasteiger partial charge in [-0.2, -0.15) is 0 Å². The van der Waals surface area contributed by atoms with Crippen molar-refractivity contribution in [2.24, 2.45) is 0 Å². The maximum atomic E-state index is 5.29. The highest BCUT2D eigenvalue weighted by Gasteiger charge is 2.28. The van der Waals surface area contributed by atoms with E-state index in [2.05, 4.69) is 28.4 Å². The van der Waals surface area contributed by atoms with Gasteiger partial charge < -0.3 is 15.0 Å². The summed E-state index contributed by atoms with van der Waals surface area (Å²) in [5.74, 6) is 0.979. The average Bonchev–Trinajstić information content (AvgIpc) is 2.38. The number of hydrogen-bond acceptors (Lipinski definition) is 3. The molecule has 16 heavy (non-hydrogen) atoms. The highest BCUT2D eigenvalue weighted by molar-refractivity contribution is 5.59. The van der Waals surface area contributed by atoms with Crippen LogP contribution in [0.25, 0.3) is 0 Å². The van der Waals surface area contributed by atoms with E-state index >= 15 is 0 Å². The van der Waals surface area contributed by atoms with Gasteiger partial charge in [0.25, 0.3) is 0 Å². The number of methoxy groups -OCH3 is 1. The Morgan fingerprint density at radius 3 is 3.25 bits per heavy atom. The Hall–Kier alpha value is -1.22. The lowest BCUT2D eigenvalue weighted by Gasteiger charge is -2.42. The summed E-state index contributed by atoms with van der Waals surface area (Å²) < 4.78 is 5.29. The number of ether oxygens (including phenoxy) is 1. The third-order valence-corrected chi connectivity index (χ3v) is 3.69. The molecule has 1 saturated heterocycles. The van der Waals surface area contributed by atoms with E-state index in [1.54, 1.807) is 7.11 Å². The lowest BCUT2D eigenvalue weighted by Crippen LogP contribution is -2.53. The van der Waals surface area contributed by atoms with E-state index in [0.717, 1.165) is 25.4 Å². The molecule has 1 aromatic carbocycles. The Labute approximate surface area is 96.4 Å². The van der Waals surface area contributed by atoms with Crippen molar-refractivity contribution in [3.8, 4) is 5.75 Å².